The summed E-state index contributed by atoms with van der Waals surface area (Å²) in [5, 5.41) is 1.02. The molecule has 0 bridgehead atoms. The van der Waals surface area contributed by atoms with Crippen LogP contribution in [0.5, 0.6) is 0 Å². The summed E-state index contributed by atoms with van der Waals surface area (Å²) in [5.74, 6) is 0. The number of aromatic nitrogens is 1. The Morgan fingerprint density at radius 2 is 1.35 bits per heavy atom. The molecule has 1 aliphatic rings. The van der Waals surface area contributed by atoms with Crippen molar-refractivity contribution in [3.8, 4) is 22.4 Å². The number of rotatable bonds is 3. The molecule has 5 heteroatoms. The maximum absolute atomic E-state index is 6.26. The molecule has 0 saturated carbocycles. The molecule has 1 fully saturated rings. The van der Waals surface area contributed by atoms with E-state index in [4.69, 9.17) is 18.7 Å². The minimum Gasteiger partial charge on any atom is -0.454 e. The van der Waals surface area contributed by atoms with Gasteiger partial charge in [-0.15, -0.1) is 0 Å². The van der Waals surface area contributed by atoms with E-state index in [1.54, 1.807) is 0 Å². The van der Waals surface area contributed by atoms with Crippen molar-refractivity contribution in [1.82, 2.24) is 4.98 Å². The van der Waals surface area contributed by atoms with Gasteiger partial charge in [-0.3, -0.25) is 0 Å². The Hall–Kier alpha value is -3.41. The number of benzene rings is 3. The fourth-order valence-electron chi connectivity index (χ4n) is 4.45. The van der Waals surface area contributed by atoms with Crippen molar-refractivity contribution in [2.24, 2.45) is 0 Å². The lowest BCUT2D eigenvalue weighted by Gasteiger charge is -2.32. The van der Waals surface area contributed by atoms with Gasteiger partial charge in [0.2, 0.25) is 0 Å². The van der Waals surface area contributed by atoms with Crippen LogP contribution in [-0.2, 0) is 9.31 Å². The van der Waals surface area contributed by atoms with Crippen LogP contribution in [0, 0.1) is 0 Å². The highest BCUT2D eigenvalue weighted by Gasteiger charge is 2.51. The van der Waals surface area contributed by atoms with E-state index in [1.807, 2.05) is 36.4 Å². The van der Waals surface area contributed by atoms with Gasteiger partial charge in [-0.05, 0) is 56.9 Å². The van der Waals surface area contributed by atoms with E-state index in [9.17, 15) is 0 Å². The first-order valence-electron chi connectivity index (χ1n) is 11.7. The first-order valence-corrected chi connectivity index (χ1v) is 11.7. The number of fused-ring (bicyclic) bond motifs is 3. The lowest BCUT2D eigenvalue weighted by molar-refractivity contribution is 0.00578. The average Bonchev–Trinajstić information content (AvgIpc) is 3.32. The molecule has 6 rings (SSSR count). The molecule has 4 nitrogen and oxygen atoms in total. The molecule has 2 aromatic heterocycles. The molecule has 3 aromatic carbocycles. The fraction of sp³-hybridized carbons (Fsp3) is 0.207. The molecule has 0 spiro atoms. The summed E-state index contributed by atoms with van der Waals surface area (Å²) in [5.41, 5.74) is 6.87. The van der Waals surface area contributed by atoms with E-state index in [0.717, 1.165) is 49.9 Å². The molecule has 0 atom stereocenters. The van der Waals surface area contributed by atoms with E-state index >= 15 is 0 Å². The Kier molecular flexibility index (Phi) is 4.70. The molecule has 0 amide bonds. The highest BCUT2D eigenvalue weighted by atomic mass is 16.7. The second kappa shape index (κ2) is 7.56. The van der Waals surface area contributed by atoms with Gasteiger partial charge in [0, 0.05) is 16.5 Å². The summed E-state index contributed by atoms with van der Waals surface area (Å²) in [7, 11) is -0.382. The summed E-state index contributed by atoms with van der Waals surface area (Å²) >= 11 is 0. The van der Waals surface area contributed by atoms with E-state index in [-0.39, 0.29) is 18.3 Å². The monoisotopic (exact) mass is 447 g/mol. The fourth-order valence-corrected chi connectivity index (χ4v) is 4.45. The molecule has 0 unspecified atom stereocenters. The number of hydrogen-bond donors (Lipinski definition) is 0. The van der Waals surface area contributed by atoms with Crippen molar-refractivity contribution < 1.29 is 13.7 Å². The maximum atomic E-state index is 6.26. The first kappa shape index (κ1) is 21.1. The molecule has 0 aliphatic carbocycles. The third-order valence-corrected chi connectivity index (χ3v) is 7.14. The third kappa shape index (κ3) is 3.35. The van der Waals surface area contributed by atoms with Crippen LogP contribution < -0.4 is 5.46 Å². The quantitative estimate of drug-likeness (QED) is 0.292. The molecule has 1 saturated heterocycles. The summed E-state index contributed by atoms with van der Waals surface area (Å²) in [6.07, 6.45) is 0. The van der Waals surface area contributed by atoms with Crippen LogP contribution in [0.3, 0.4) is 0 Å². The smallest absolute Gasteiger partial charge is 0.454 e. The van der Waals surface area contributed by atoms with Crippen molar-refractivity contribution in [2.75, 3.05) is 0 Å². The lowest BCUT2D eigenvalue weighted by atomic mass is 9.78. The van der Waals surface area contributed by atoms with Gasteiger partial charge in [-0.25, -0.2) is 4.98 Å². The normalized spacial score (nSPS) is 17.0. The molecule has 0 N–H and O–H groups in total. The minimum atomic E-state index is -0.382. The highest BCUT2D eigenvalue weighted by molar-refractivity contribution is 6.62. The summed E-state index contributed by atoms with van der Waals surface area (Å²) < 4.78 is 18.7. The van der Waals surface area contributed by atoms with Gasteiger partial charge >= 0.3 is 7.12 Å². The molecule has 1 aliphatic heterocycles. The molecule has 5 aromatic rings. The second-order valence-corrected chi connectivity index (χ2v) is 9.91. The highest BCUT2D eigenvalue weighted by Crippen LogP contribution is 2.38. The summed E-state index contributed by atoms with van der Waals surface area (Å²) in [6, 6.07) is 28.8. The number of nitrogens with zero attached hydrogens (tertiary/aromatic N) is 1. The largest absolute Gasteiger partial charge is 0.494 e. The van der Waals surface area contributed by atoms with Crippen molar-refractivity contribution in [1.29, 1.82) is 0 Å². The predicted octanol–water partition coefficient (Wildman–Crippen LogP) is 6.61. The lowest BCUT2D eigenvalue weighted by Crippen LogP contribution is -2.41. The van der Waals surface area contributed by atoms with E-state index < -0.39 is 0 Å². The van der Waals surface area contributed by atoms with Crippen molar-refractivity contribution in [3.63, 3.8) is 0 Å². The Bertz CT molecular complexity index is 1490. The minimum absolute atomic E-state index is 0.365. The topological polar surface area (TPSA) is 44.5 Å². The summed E-state index contributed by atoms with van der Waals surface area (Å²) in [4.78, 5) is 5.04. The second-order valence-electron chi connectivity index (χ2n) is 9.91. The predicted molar refractivity (Wildman–Crippen MR) is 138 cm³/mol. The first-order chi connectivity index (χ1) is 16.3. The maximum Gasteiger partial charge on any atom is 0.494 e. The molecule has 168 valence electrons. The van der Waals surface area contributed by atoms with Crippen molar-refractivity contribution >= 4 is 34.7 Å². The van der Waals surface area contributed by atoms with Gasteiger partial charge in [-0.1, -0.05) is 66.7 Å². The number of hydrogen-bond acceptors (Lipinski definition) is 4. The molecular formula is C29H26BNO3. The zero-order chi connectivity index (χ0) is 23.5. The van der Waals surface area contributed by atoms with Crippen molar-refractivity contribution in [2.45, 2.75) is 38.9 Å². The Balaban J connectivity index is 1.46. The van der Waals surface area contributed by atoms with Crippen LogP contribution in [0.2, 0.25) is 0 Å². The third-order valence-electron chi connectivity index (χ3n) is 7.14. The van der Waals surface area contributed by atoms with Gasteiger partial charge in [-0.2, -0.15) is 0 Å². The number of para-hydroxylation sites is 1. The van der Waals surface area contributed by atoms with Gasteiger partial charge < -0.3 is 13.7 Å². The van der Waals surface area contributed by atoms with Gasteiger partial charge in [0.15, 0.2) is 5.58 Å². The zero-order valence-corrected chi connectivity index (χ0v) is 19.8. The van der Waals surface area contributed by atoms with Crippen LogP contribution in [0.15, 0.2) is 89.3 Å². The number of pyridine rings is 1. The molecular weight excluding hydrogens is 421 g/mol. The standard InChI is InChI=1S/C29H26BNO3/c1-28(2)29(3,4)34-30(33-28)21-16-14-20(15-17-21)24-18-23(19-10-6-5-7-11-19)27-26(31-24)22-12-8-9-13-25(22)32-27/h5-18H,1-4H3. The number of furan rings is 1. The Morgan fingerprint density at radius 3 is 2.06 bits per heavy atom. The van der Waals surface area contributed by atoms with Crippen molar-refractivity contribution in [3.05, 3.63) is 84.9 Å². The molecule has 0 radical (unpaired) electrons. The van der Waals surface area contributed by atoms with E-state index in [0.29, 0.717) is 0 Å². The van der Waals surface area contributed by atoms with Gasteiger partial charge in [0.25, 0.3) is 0 Å². The van der Waals surface area contributed by atoms with E-state index in [2.05, 4.69) is 76.2 Å². The van der Waals surface area contributed by atoms with E-state index in [1.165, 1.54) is 0 Å². The Morgan fingerprint density at radius 1 is 0.706 bits per heavy atom. The molecule has 34 heavy (non-hydrogen) atoms. The van der Waals surface area contributed by atoms with Crippen LogP contribution in [-0.4, -0.2) is 23.3 Å². The zero-order valence-electron chi connectivity index (χ0n) is 19.8. The van der Waals surface area contributed by atoms with Crippen LogP contribution in [0.4, 0.5) is 0 Å². The molecule has 3 heterocycles. The average molecular weight is 447 g/mol. The van der Waals surface area contributed by atoms with Gasteiger partial charge in [0.05, 0.1) is 16.9 Å². The van der Waals surface area contributed by atoms with Crippen LogP contribution >= 0.6 is 0 Å². The van der Waals surface area contributed by atoms with Gasteiger partial charge in [0.1, 0.15) is 11.1 Å². The Labute approximate surface area is 199 Å². The van der Waals surface area contributed by atoms with Crippen LogP contribution in [0.1, 0.15) is 27.7 Å². The van der Waals surface area contributed by atoms with Crippen LogP contribution in [0.25, 0.3) is 44.5 Å². The summed E-state index contributed by atoms with van der Waals surface area (Å²) in [6.45, 7) is 8.28. The SMILES string of the molecule is CC1(C)OB(c2ccc(-c3cc(-c4ccccc4)c4oc5ccccc5c4n3)cc2)OC1(C)C.